The molecule has 0 aromatic heterocycles. The van der Waals surface area contributed by atoms with Crippen LogP contribution in [0.5, 0.6) is 0 Å². The molecule has 1 aromatic rings. The van der Waals surface area contributed by atoms with Gasteiger partial charge in [-0.1, -0.05) is 38.1 Å². The van der Waals surface area contributed by atoms with Crippen LogP contribution in [0, 0.1) is 5.92 Å². The zero-order chi connectivity index (χ0) is 21.3. The van der Waals surface area contributed by atoms with E-state index >= 15 is 0 Å². The van der Waals surface area contributed by atoms with Crippen molar-refractivity contribution in [1.29, 1.82) is 0 Å². The zero-order valence-corrected chi connectivity index (χ0v) is 18.8. The Hall–Kier alpha value is -1.64. The van der Waals surface area contributed by atoms with Crippen LogP contribution in [0.4, 0.5) is 4.79 Å². The highest BCUT2D eigenvalue weighted by Crippen LogP contribution is 2.18. The van der Waals surface area contributed by atoms with Gasteiger partial charge in [0.25, 0.3) is 0 Å². The molecular weight excluding hydrogens is 388 g/mol. The number of urea groups is 1. The van der Waals surface area contributed by atoms with Crippen molar-refractivity contribution in [3.8, 4) is 0 Å². The lowest BCUT2D eigenvalue weighted by atomic mass is 9.99. The number of nitrogens with zero attached hydrogens (tertiary/aromatic N) is 2. The number of rotatable bonds is 10. The number of carbonyl (C=O) groups is 1. The number of likely N-dealkylation sites (tertiary alicyclic amines) is 1. The molecule has 29 heavy (non-hydrogen) atoms. The van der Waals surface area contributed by atoms with Gasteiger partial charge in [-0.15, -0.1) is 0 Å². The summed E-state index contributed by atoms with van der Waals surface area (Å²) in [5, 5.41) is 5.62. The van der Waals surface area contributed by atoms with Crippen LogP contribution in [0.1, 0.15) is 44.2 Å². The maximum atomic E-state index is 11.9. The third-order valence-electron chi connectivity index (χ3n) is 5.45. The first kappa shape index (κ1) is 23.6. The van der Waals surface area contributed by atoms with E-state index in [-0.39, 0.29) is 6.03 Å². The molecule has 0 bridgehead atoms. The Labute approximate surface area is 175 Å². The minimum Gasteiger partial charge on any atom is -0.338 e. The van der Waals surface area contributed by atoms with E-state index in [0.29, 0.717) is 32.6 Å². The SMILES string of the molecule is CCN(CCCNC(=O)NCc1ccc(CN2CCC(C)CC2)cc1)S(C)(=O)=O. The van der Waals surface area contributed by atoms with Crippen LogP contribution in [0.2, 0.25) is 0 Å². The quantitative estimate of drug-likeness (QED) is 0.565. The summed E-state index contributed by atoms with van der Waals surface area (Å²) in [7, 11) is -3.18. The van der Waals surface area contributed by atoms with Gasteiger partial charge in [-0.05, 0) is 49.4 Å². The summed E-state index contributed by atoms with van der Waals surface area (Å²) < 4.78 is 24.4. The molecule has 1 fully saturated rings. The lowest BCUT2D eigenvalue weighted by molar-refractivity contribution is 0.185. The number of hydrogen-bond acceptors (Lipinski definition) is 4. The second kappa shape index (κ2) is 11.5. The first-order valence-corrected chi connectivity index (χ1v) is 12.4. The van der Waals surface area contributed by atoms with Gasteiger partial charge in [0.05, 0.1) is 6.26 Å². The third-order valence-corrected chi connectivity index (χ3v) is 6.83. The Bertz CT molecular complexity index is 729. The van der Waals surface area contributed by atoms with E-state index in [0.717, 1.165) is 18.0 Å². The normalized spacial score (nSPS) is 16.1. The topological polar surface area (TPSA) is 81.8 Å². The fourth-order valence-electron chi connectivity index (χ4n) is 3.50. The van der Waals surface area contributed by atoms with Gasteiger partial charge in [0.2, 0.25) is 10.0 Å². The molecule has 0 radical (unpaired) electrons. The van der Waals surface area contributed by atoms with E-state index in [1.54, 1.807) is 6.92 Å². The molecule has 1 saturated heterocycles. The van der Waals surface area contributed by atoms with Crippen LogP contribution < -0.4 is 10.6 Å². The van der Waals surface area contributed by atoms with Crippen molar-refractivity contribution in [3.05, 3.63) is 35.4 Å². The number of nitrogens with one attached hydrogen (secondary N) is 2. The molecule has 0 spiro atoms. The van der Waals surface area contributed by atoms with Crippen molar-refractivity contribution >= 4 is 16.1 Å². The minimum atomic E-state index is -3.18. The van der Waals surface area contributed by atoms with E-state index in [1.165, 1.54) is 42.1 Å². The molecule has 7 nitrogen and oxygen atoms in total. The molecule has 1 heterocycles. The highest BCUT2D eigenvalue weighted by molar-refractivity contribution is 7.88. The Morgan fingerprint density at radius 1 is 1.14 bits per heavy atom. The Balaban J connectivity index is 1.64. The van der Waals surface area contributed by atoms with Gasteiger partial charge in [0.1, 0.15) is 0 Å². The van der Waals surface area contributed by atoms with Crippen molar-refractivity contribution in [2.45, 2.75) is 46.2 Å². The molecule has 1 aliphatic rings. The van der Waals surface area contributed by atoms with Crippen LogP contribution in [0.25, 0.3) is 0 Å². The number of hydrogen-bond donors (Lipinski definition) is 2. The summed E-state index contributed by atoms with van der Waals surface area (Å²) in [5.74, 6) is 0.844. The molecule has 164 valence electrons. The van der Waals surface area contributed by atoms with Gasteiger partial charge in [-0.3, -0.25) is 4.90 Å². The first-order chi connectivity index (χ1) is 13.8. The van der Waals surface area contributed by atoms with Crippen LogP contribution in [0.3, 0.4) is 0 Å². The molecule has 1 aromatic carbocycles. The van der Waals surface area contributed by atoms with Gasteiger partial charge < -0.3 is 10.6 Å². The predicted molar refractivity (Wildman–Crippen MR) is 117 cm³/mol. The minimum absolute atomic E-state index is 0.237. The Kier molecular flexibility index (Phi) is 9.39. The van der Waals surface area contributed by atoms with E-state index < -0.39 is 10.0 Å². The number of sulfonamides is 1. The summed E-state index contributed by atoms with van der Waals surface area (Å²) in [6, 6.07) is 8.16. The zero-order valence-electron chi connectivity index (χ0n) is 18.0. The van der Waals surface area contributed by atoms with E-state index in [2.05, 4.69) is 46.7 Å². The van der Waals surface area contributed by atoms with Crippen LogP contribution in [-0.4, -0.2) is 62.6 Å². The Morgan fingerprint density at radius 2 is 1.76 bits per heavy atom. The summed E-state index contributed by atoms with van der Waals surface area (Å²) >= 11 is 0. The largest absolute Gasteiger partial charge is 0.338 e. The monoisotopic (exact) mass is 424 g/mol. The summed E-state index contributed by atoms with van der Waals surface area (Å²) in [5.41, 5.74) is 2.37. The molecule has 0 atom stereocenters. The van der Waals surface area contributed by atoms with Gasteiger partial charge in [-0.2, -0.15) is 0 Å². The third kappa shape index (κ3) is 8.72. The number of piperidine rings is 1. The van der Waals surface area contributed by atoms with Crippen molar-refractivity contribution < 1.29 is 13.2 Å². The Morgan fingerprint density at radius 3 is 2.34 bits per heavy atom. The standard InChI is InChI=1S/C21H36N4O3S/c1-4-25(29(3,27)28)13-5-12-22-21(26)23-16-19-6-8-20(9-7-19)17-24-14-10-18(2)11-15-24/h6-9,18H,4-5,10-17H2,1-3H3,(H2,22,23,26). The first-order valence-electron chi connectivity index (χ1n) is 10.5. The number of carbonyl (C=O) groups excluding carboxylic acids is 1. The van der Waals surface area contributed by atoms with Gasteiger partial charge in [0.15, 0.2) is 0 Å². The molecule has 1 aliphatic heterocycles. The fraction of sp³-hybridized carbons (Fsp3) is 0.667. The van der Waals surface area contributed by atoms with E-state index in [1.807, 2.05) is 0 Å². The highest BCUT2D eigenvalue weighted by atomic mass is 32.2. The van der Waals surface area contributed by atoms with Crippen LogP contribution in [0.15, 0.2) is 24.3 Å². The van der Waals surface area contributed by atoms with Gasteiger partial charge in [0, 0.05) is 32.7 Å². The average molecular weight is 425 g/mol. The maximum Gasteiger partial charge on any atom is 0.315 e. The maximum absolute atomic E-state index is 11.9. The molecule has 2 amide bonds. The average Bonchev–Trinajstić information content (AvgIpc) is 2.68. The molecule has 0 saturated carbocycles. The predicted octanol–water partition coefficient (Wildman–Crippen LogP) is 2.39. The summed E-state index contributed by atoms with van der Waals surface area (Å²) in [4.78, 5) is 14.4. The summed E-state index contributed by atoms with van der Waals surface area (Å²) in [6.07, 6.45) is 4.34. The molecule has 0 unspecified atom stereocenters. The van der Waals surface area contributed by atoms with Crippen molar-refractivity contribution in [2.75, 3.05) is 39.0 Å². The molecule has 2 rings (SSSR count). The van der Waals surface area contributed by atoms with Crippen LogP contribution in [-0.2, 0) is 23.1 Å². The lowest BCUT2D eigenvalue weighted by Gasteiger charge is -2.30. The van der Waals surface area contributed by atoms with Gasteiger partial charge in [-0.25, -0.2) is 17.5 Å². The van der Waals surface area contributed by atoms with Crippen molar-refractivity contribution in [3.63, 3.8) is 0 Å². The van der Waals surface area contributed by atoms with Crippen LogP contribution >= 0.6 is 0 Å². The lowest BCUT2D eigenvalue weighted by Crippen LogP contribution is -2.37. The van der Waals surface area contributed by atoms with E-state index in [9.17, 15) is 13.2 Å². The molecule has 0 aliphatic carbocycles. The second-order valence-electron chi connectivity index (χ2n) is 7.99. The van der Waals surface area contributed by atoms with Gasteiger partial charge >= 0.3 is 6.03 Å². The van der Waals surface area contributed by atoms with Crippen molar-refractivity contribution in [2.24, 2.45) is 5.92 Å². The van der Waals surface area contributed by atoms with E-state index in [4.69, 9.17) is 0 Å². The highest BCUT2D eigenvalue weighted by Gasteiger charge is 2.15. The molecule has 2 N–H and O–H groups in total. The number of benzene rings is 1. The fourth-order valence-corrected chi connectivity index (χ4v) is 4.43. The second-order valence-corrected chi connectivity index (χ2v) is 9.98. The molecular formula is C21H36N4O3S. The van der Waals surface area contributed by atoms with Crippen molar-refractivity contribution in [1.82, 2.24) is 19.8 Å². The summed E-state index contributed by atoms with van der Waals surface area (Å²) in [6.45, 7) is 9.22. The molecule has 8 heteroatoms. The number of amides is 2. The smallest absolute Gasteiger partial charge is 0.315 e.